The summed E-state index contributed by atoms with van der Waals surface area (Å²) in [5, 5.41) is 1.00. The summed E-state index contributed by atoms with van der Waals surface area (Å²) in [7, 11) is 1.35. The Hall–Kier alpha value is -1.11. The number of fused-ring (bicyclic) bond motifs is 1. The van der Waals surface area contributed by atoms with E-state index in [1.165, 1.54) is 7.11 Å². The number of nitrogens with one attached hydrogen (secondary N) is 1. The molecule has 2 aromatic rings. The van der Waals surface area contributed by atoms with Gasteiger partial charge in [0, 0.05) is 20.8 Å². The number of carbonyl (C=O) groups excluding carboxylic acids is 1. The Balaban J connectivity index is 2.78. The van der Waals surface area contributed by atoms with E-state index in [4.69, 9.17) is 0 Å². The Morgan fingerprint density at radius 2 is 2.33 bits per heavy atom. The lowest BCUT2D eigenvalue weighted by Crippen LogP contribution is -2.06. The van der Waals surface area contributed by atoms with E-state index in [0.29, 0.717) is 5.69 Å². The van der Waals surface area contributed by atoms with Crippen molar-refractivity contribution in [3.05, 3.63) is 27.2 Å². The van der Waals surface area contributed by atoms with Crippen molar-refractivity contribution in [1.29, 1.82) is 0 Å². The Kier molecular flexibility index (Phi) is 2.64. The Morgan fingerprint density at radius 3 is 3.00 bits per heavy atom. The summed E-state index contributed by atoms with van der Waals surface area (Å²) in [5.74, 6) is -0.415. The van der Waals surface area contributed by atoms with Crippen molar-refractivity contribution >= 4 is 39.5 Å². The number of nitrogens with zero attached hydrogens (tertiary/aromatic N) is 1. The summed E-state index contributed by atoms with van der Waals surface area (Å²) in [4.78, 5) is 18.7. The molecular weight excluding hydrogens is 307 g/mol. The van der Waals surface area contributed by atoms with Crippen LogP contribution in [-0.4, -0.2) is 23.0 Å². The Morgan fingerprint density at radius 1 is 1.60 bits per heavy atom. The van der Waals surface area contributed by atoms with Crippen LogP contribution in [0.5, 0.6) is 0 Å². The minimum atomic E-state index is -0.415. The highest BCUT2D eigenvalue weighted by atomic mass is 127. The predicted octanol–water partition coefficient (Wildman–Crippen LogP) is 2.26. The molecule has 78 valence electrons. The van der Waals surface area contributed by atoms with E-state index in [1.54, 1.807) is 0 Å². The summed E-state index contributed by atoms with van der Waals surface area (Å²) in [5.41, 5.74) is 1.88. The maximum Gasteiger partial charge on any atom is 0.358 e. The number of ether oxygens (including phenoxy) is 1. The lowest BCUT2D eigenvalue weighted by molar-refractivity contribution is 0.0596. The molecule has 0 saturated heterocycles. The molecule has 5 heteroatoms. The summed E-state index contributed by atoms with van der Waals surface area (Å²) in [6.07, 6.45) is 1.85. The number of halogens is 1. The summed E-state index contributed by atoms with van der Waals surface area (Å²) in [6, 6.07) is 1.94. The monoisotopic (exact) mass is 316 g/mol. The van der Waals surface area contributed by atoms with Gasteiger partial charge < -0.3 is 9.72 Å². The van der Waals surface area contributed by atoms with Crippen molar-refractivity contribution in [3.8, 4) is 0 Å². The fourth-order valence-electron chi connectivity index (χ4n) is 1.47. The molecule has 0 amide bonds. The van der Waals surface area contributed by atoms with Crippen LogP contribution in [0, 0.1) is 10.5 Å². The molecule has 0 saturated carbocycles. The van der Waals surface area contributed by atoms with Crippen LogP contribution in [0.3, 0.4) is 0 Å². The molecule has 0 spiro atoms. The fraction of sp³-hybridized carbons (Fsp3) is 0.200. The Labute approximate surface area is 100 Å². The van der Waals surface area contributed by atoms with Crippen LogP contribution in [0.15, 0.2) is 12.3 Å². The lowest BCUT2D eigenvalue weighted by atomic mass is 10.2. The number of methoxy groups -OCH3 is 1. The van der Waals surface area contributed by atoms with E-state index in [0.717, 1.165) is 20.2 Å². The van der Waals surface area contributed by atoms with E-state index in [1.807, 2.05) is 19.2 Å². The number of aryl methyl sites for hydroxylation is 1. The van der Waals surface area contributed by atoms with E-state index in [-0.39, 0.29) is 0 Å². The topological polar surface area (TPSA) is 55.0 Å². The van der Waals surface area contributed by atoms with Crippen molar-refractivity contribution in [2.24, 2.45) is 0 Å². The number of H-pyrrole nitrogens is 1. The van der Waals surface area contributed by atoms with Gasteiger partial charge in [-0.2, -0.15) is 0 Å². The minimum absolute atomic E-state index is 0.343. The first-order valence-electron chi connectivity index (χ1n) is 4.36. The first kappa shape index (κ1) is 10.4. The molecule has 2 aromatic heterocycles. The second-order valence-electron chi connectivity index (χ2n) is 3.16. The zero-order chi connectivity index (χ0) is 11.0. The molecule has 0 aromatic carbocycles. The van der Waals surface area contributed by atoms with Crippen LogP contribution in [0.2, 0.25) is 0 Å². The zero-order valence-corrected chi connectivity index (χ0v) is 10.5. The van der Waals surface area contributed by atoms with Crippen molar-refractivity contribution in [2.45, 2.75) is 6.92 Å². The molecule has 0 aliphatic rings. The minimum Gasteiger partial charge on any atom is -0.464 e. The SMILES string of the molecule is COC(=O)c1nc(C)cc2c(I)c[nH]c12. The molecule has 0 radical (unpaired) electrons. The van der Waals surface area contributed by atoms with Crippen LogP contribution in [0.4, 0.5) is 0 Å². The Bertz CT molecular complexity index is 533. The van der Waals surface area contributed by atoms with Crippen molar-refractivity contribution in [2.75, 3.05) is 7.11 Å². The number of aromatic nitrogens is 2. The number of aromatic amines is 1. The van der Waals surface area contributed by atoms with Crippen LogP contribution in [-0.2, 0) is 4.74 Å². The molecule has 0 fully saturated rings. The van der Waals surface area contributed by atoms with E-state index in [9.17, 15) is 4.79 Å². The van der Waals surface area contributed by atoms with Gasteiger partial charge in [-0.25, -0.2) is 9.78 Å². The highest BCUT2D eigenvalue weighted by Gasteiger charge is 2.15. The van der Waals surface area contributed by atoms with E-state index in [2.05, 4.69) is 37.3 Å². The van der Waals surface area contributed by atoms with Gasteiger partial charge in [-0.3, -0.25) is 0 Å². The molecule has 0 bridgehead atoms. The van der Waals surface area contributed by atoms with Crippen molar-refractivity contribution in [1.82, 2.24) is 9.97 Å². The van der Waals surface area contributed by atoms with Gasteiger partial charge in [0.2, 0.25) is 0 Å². The molecule has 4 nitrogen and oxygen atoms in total. The van der Waals surface area contributed by atoms with Gasteiger partial charge in [-0.05, 0) is 35.6 Å². The van der Waals surface area contributed by atoms with Crippen LogP contribution in [0.1, 0.15) is 16.2 Å². The number of rotatable bonds is 1. The standard InChI is InChI=1S/C10H9IN2O2/c1-5-3-6-7(11)4-12-8(6)9(13-5)10(14)15-2/h3-4,12H,1-2H3. The third kappa shape index (κ3) is 1.71. The van der Waals surface area contributed by atoms with Gasteiger partial charge in [0.15, 0.2) is 5.69 Å². The third-order valence-electron chi connectivity index (χ3n) is 2.13. The van der Waals surface area contributed by atoms with Gasteiger partial charge >= 0.3 is 5.97 Å². The maximum atomic E-state index is 11.5. The molecule has 0 unspecified atom stereocenters. The van der Waals surface area contributed by atoms with E-state index < -0.39 is 5.97 Å². The normalized spacial score (nSPS) is 10.6. The van der Waals surface area contributed by atoms with Crippen molar-refractivity contribution < 1.29 is 9.53 Å². The lowest BCUT2D eigenvalue weighted by Gasteiger charge is -2.02. The zero-order valence-electron chi connectivity index (χ0n) is 8.30. The first-order chi connectivity index (χ1) is 7.13. The largest absolute Gasteiger partial charge is 0.464 e. The average Bonchev–Trinajstić information content (AvgIpc) is 2.58. The highest BCUT2D eigenvalue weighted by Crippen LogP contribution is 2.23. The molecule has 2 heterocycles. The van der Waals surface area contributed by atoms with Crippen LogP contribution < -0.4 is 0 Å². The van der Waals surface area contributed by atoms with Gasteiger partial charge in [0.1, 0.15) is 0 Å². The second-order valence-corrected chi connectivity index (χ2v) is 4.33. The average molecular weight is 316 g/mol. The first-order valence-corrected chi connectivity index (χ1v) is 5.44. The molecular formula is C10H9IN2O2. The maximum absolute atomic E-state index is 11.5. The molecule has 1 N–H and O–H groups in total. The quantitative estimate of drug-likeness (QED) is 0.648. The van der Waals surface area contributed by atoms with Gasteiger partial charge in [-0.1, -0.05) is 0 Å². The third-order valence-corrected chi connectivity index (χ3v) is 3.02. The molecule has 0 aliphatic carbocycles. The van der Waals surface area contributed by atoms with Gasteiger partial charge in [0.05, 0.1) is 12.6 Å². The summed E-state index contributed by atoms with van der Waals surface area (Å²) >= 11 is 2.21. The summed E-state index contributed by atoms with van der Waals surface area (Å²) < 4.78 is 5.75. The number of hydrogen-bond acceptors (Lipinski definition) is 3. The van der Waals surface area contributed by atoms with E-state index >= 15 is 0 Å². The molecule has 0 aliphatic heterocycles. The van der Waals surface area contributed by atoms with Crippen molar-refractivity contribution in [3.63, 3.8) is 0 Å². The molecule has 0 atom stereocenters. The van der Waals surface area contributed by atoms with Gasteiger partial charge in [-0.15, -0.1) is 0 Å². The van der Waals surface area contributed by atoms with Gasteiger partial charge in [0.25, 0.3) is 0 Å². The smallest absolute Gasteiger partial charge is 0.358 e. The number of hydrogen-bond donors (Lipinski definition) is 1. The van der Waals surface area contributed by atoms with Crippen LogP contribution >= 0.6 is 22.6 Å². The number of carbonyl (C=O) groups is 1. The number of esters is 1. The summed E-state index contributed by atoms with van der Waals surface area (Å²) in [6.45, 7) is 1.86. The highest BCUT2D eigenvalue weighted by molar-refractivity contribution is 14.1. The second kappa shape index (κ2) is 3.80. The molecule has 15 heavy (non-hydrogen) atoms. The predicted molar refractivity (Wildman–Crippen MR) is 64.9 cm³/mol. The molecule has 2 rings (SSSR count). The van der Waals surface area contributed by atoms with Crippen LogP contribution in [0.25, 0.3) is 10.9 Å². The fourth-order valence-corrected chi connectivity index (χ4v) is 2.05. The number of pyridine rings is 1.